The Balaban J connectivity index is 2.20. The van der Waals surface area contributed by atoms with E-state index in [-0.39, 0.29) is 11.5 Å². The third-order valence-electron chi connectivity index (χ3n) is 3.08. The number of benzene rings is 1. The summed E-state index contributed by atoms with van der Waals surface area (Å²) in [6.45, 7) is 2.88. The van der Waals surface area contributed by atoms with E-state index in [2.05, 4.69) is 17.6 Å². The molecule has 21 heavy (non-hydrogen) atoms. The number of hydrogen-bond acceptors (Lipinski definition) is 3. The fourth-order valence-corrected chi connectivity index (χ4v) is 1.96. The number of pyridine rings is 1. The van der Waals surface area contributed by atoms with E-state index in [9.17, 15) is 9.59 Å². The number of anilines is 2. The van der Waals surface area contributed by atoms with E-state index in [4.69, 9.17) is 0 Å². The van der Waals surface area contributed by atoms with Crippen LogP contribution >= 0.6 is 0 Å². The van der Waals surface area contributed by atoms with Gasteiger partial charge in [-0.3, -0.25) is 9.59 Å². The Hall–Kier alpha value is -2.56. The Kier molecular flexibility index (Phi) is 4.77. The minimum Gasteiger partial charge on any atom is -0.384 e. The minimum atomic E-state index is -0.201. The molecule has 5 nitrogen and oxygen atoms in total. The van der Waals surface area contributed by atoms with Gasteiger partial charge in [0, 0.05) is 31.5 Å². The predicted octanol–water partition coefficient (Wildman–Crippen LogP) is 2.46. The molecule has 0 bridgehead atoms. The highest BCUT2D eigenvalue weighted by Crippen LogP contribution is 2.17. The smallest absolute Gasteiger partial charge is 0.257 e. The number of amides is 1. The summed E-state index contributed by atoms with van der Waals surface area (Å²) in [6, 6.07) is 10.4. The Bertz CT molecular complexity index is 692. The molecule has 0 atom stereocenters. The lowest BCUT2D eigenvalue weighted by Crippen LogP contribution is -2.19. The summed E-state index contributed by atoms with van der Waals surface area (Å²) in [7, 11) is 1.65. The lowest BCUT2D eigenvalue weighted by Gasteiger charge is -2.12. The van der Waals surface area contributed by atoms with Gasteiger partial charge < -0.3 is 15.2 Å². The zero-order chi connectivity index (χ0) is 15.2. The molecule has 0 saturated carbocycles. The summed E-state index contributed by atoms with van der Waals surface area (Å²) in [6.07, 6.45) is 2.58. The molecule has 0 aliphatic heterocycles. The van der Waals surface area contributed by atoms with Crippen molar-refractivity contribution in [1.82, 2.24) is 4.57 Å². The van der Waals surface area contributed by atoms with Gasteiger partial charge in [0.15, 0.2) is 0 Å². The first-order chi connectivity index (χ1) is 10.1. The van der Waals surface area contributed by atoms with Gasteiger partial charge >= 0.3 is 0 Å². The van der Waals surface area contributed by atoms with E-state index in [0.29, 0.717) is 11.3 Å². The molecule has 1 heterocycles. The molecule has 5 heteroatoms. The summed E-state index contributed by atoms with van der Waals surface area (Å²) in [4.78, 5) is 23.7. The van der Waals surface area contributed by atoms with Crippen molar-refractivity contribution in [3.63, 3.8) is 0 Å². The highest BCUT2D eigenvalue weighted by atomic mass is 16.1. The fraction of sp³-hybridized carbons (Fsp3) is 0.250. The number of nitrogens with zero attached hydrogens (tertiary/aromatic N) is 1. The first-order valence-corrected chi connectivity index (χ1v) is 6.92. The summed E-state index contributed by atoms with van der Waals surface area (Å²) in [5.74, 6) is -0.201. The van der Waals surface area contributed by atoms with E-state index >= 15 is 0 Å². The van der Waals surface area contributed by atoms with Gasteiger partial charge in [0.25, 0.3) is 5.91 Å². The summed E-state index contributed by atoms with van der Waals surface area (Å²) < 4.78 is 1.43. The van der Waals surface area contributed by atoms with Crippen LogP contribution in [0.25, 0.3) is 0 Å². The molecule has 0 aliphatic carbocycles. The maximum atomic E-state index is 12.4. The van der Waals surface area contributed by atoms with Crippen molar-refractivity contribution in [2.24, 2.45) is 7.05 Å². The van der Waals surface area contributed by atoms with E-state index in [1.54, 1.807) is 25.4 Å². The van der Waals surface area contributed by atoms with Gasteiger partial charge in [-0.2, -0.15) is 0 Å². The minimum absolute atomic E-state index is 0.113. The molecular weight excluding hydrogens is 266 g/mol. The molecule has 0 fully saturated rings. The molecular formula is C16H19N3O2. The number of nitrogens with one attached hydrogen (secondary N) is 2. The van der Waals surface area contributed by atoms with Gasteiger partial charge in [0.1, 0.15) is 0 Å². The van der Waals surface area contributed by atoms with Gasteiger partial charge in [-0.25, -0.2) is 0 Å². The summed E-state index contributed by atoms with van der Waals surface area (Å²) in [5.41, 5.74) is 1.87. The number of rotatable bonds is 5. The normalized spacial score (nSPS) is 10.2. The first kappa shape index (κ1) is 14.8. The van der Waals surface area contributed by atoms with Crippen LogP contribution in [0, 0.1) is 0 Å². The van der Waals surface area contributed by atoms with E-state index in [1.807, 2.05) is 18.2 Å². The van der Waals surface area contributed by atoms with Crippen LogP contribution < -0.4 is 16.2 Å². The molecule has 0 aliphatic rings. The molecule has 1 aromatic carbocycles. The Morgan fingerprint density at radius 1 is 1.19 bits per heavy atom. The van der Waals surface area contributed by atoms with Crippen molar-refractivity contribution < 1.29 is 4.79 Å². The van der Waals surface area contributed by atoms with Crippen LogP contribution in [0.2, 0.25) is 0 Å². The molecule has 0 spiro atoms. The molecule has 2 N–H and O–H groups in total. The zero-order valence-electron chi connectivity index (χ0n) is 12.2. The van der Waals surface area contributed by atoms with E-state index < -0.39 is 0 Å². The Morgan fingerprint density at radius 3 is 2.67 bits per heavy atom. The van der Waals surface area contributed by atoms with Crippen molar-refractivity contribution in [2.75, 3.05) is 17.2 Å². The second-order valence-electron chi connectivity index (χ2n) is 4.79. The van der Waals surface area contributed by atoms with Crippen LogP contribution in [-0.4, -0.2) is 17.0 Å². The van der Waals surface area contributed by atoms with Crippen LogP contribution in [0.1, 0.15) is 23.7 Å². The quantitative estimate of drug-likeness (QED) is 0.887. The molecule has 0 radical (unpaired) electrons. The van der Waals surface area contributed by atoms with E-state index in [0.717, 1.165) is 18.7 Å². The Labute approximate surface area is 123 Å². The SMILES string of the molecule is CCCNc1ccccc1C(=O)Nc1ccc(=O)n(C)c1. The van der Waals surface area contributed by atoms with Gasteiger partial charge in [0.05, 0.1) is 11.3 Å². The van der Waals surface area contributed by atoms with Gasteiger partial charge in [-0.05, 0) is 24.6 Å². The van der Waals surface area contributed by atoms with E-state index in [1.165, 1.54) is 10.6 Å². The predicted molar refractivity (Wildman–Crippen MR) is 84.9 cm³/mol. The molecule has 1 amide bonds. The largest absolute Gasteiger partial charge is 0.384 e. The highest BCUT2D eigenvalue weighted by Gasteiger charge is 2.11. The van der Waals surface area contributed by atoms with Crippen molar-refractivity contribution in [3.8, 4) is 0 Å². The standard InChI is InChI=1S/C16H19N3O2/c1-3-10-17-14-7-5-4-6-13(14)16(21)18-12-8-9-15(20)19(2)11-12/h4-9,11,17H,3,10H2,1-2H3,(H,18,21). The average Bonchev–Trinajstić information content (AvgIpc) is 2.49. The highest BCUT2D eigenvalue weighted by molar-refractivity contribution is 6.07. The van der Waals surface area contributed by atoms with Crippen LogP contribution in [-0.2, 0) is 7.05 Å². The third-order valence-corrected chi connectivity index (χ3v) is 3.08. The summed E-state index contributed by atoms with van der Waals surface area (Å²) >= 11 is 0. The maximum absolute atomic E-state index is 12.4. The molecule has 1 aromatic heterocycles. The molecule has 0 unspecified atom stereocenters. The monoisotopic (exact) mass is 285 g/mol. The average molecular weight is 285 g/mol. The summed E-state index contributed by atoms with van der Waals surface area (Å²) in [5, 5.41) is 6.04. The van der Waals surface area contributed by atoms with Crippen LogP contribution in [0.15, 0.2) is 47.4 Å². The number of aromatic nitrogens is 1. The fourth-order valence-electron chi connectivity index (χ4n) is 1.96. The molecule has 2 aromatic rings. The van der Waals surface area contributed by atoms with Crippen molar-refractivity contribution >= 4 is 17.3 Å². The number of aryl methyl sites for hydroxylation is 1. The maximum Gasteiger partial charge on any atom is 0.257 e. The third kappa shape index (κ3) is 3.72. The lowest BCUT2D eigenvalue weighted by atomic mass is 10.1. The van der Waals surface area contributed by atoms with Crippen molar-refractivity contribution in [1.29, 1.82) is 0 Å². The van der Waals surface area contributed by atoms with Crippen molar-refractivity contribution in [2.45, 2.75) is 13.3 Å². The molecule has 0 saturated heterocycles. The first-order valence-electron chi connectivity index (χ1n) is 6.92. The molecule has 110 valence electrons. The van der Waals surface area contributed by atoms with Crippen LogP contribution in [0.4, 0.5) is 11.4 Å². The number of carbonyl (C=O) groups is 1. The Morgan fingerprint density at radius 2 is 1.95 bits per heavy atom. The zero-order valence-corrected chi connectivity index (χ0v) is 12.2. The van der Waals surface area contributed by atoms with Gasteiger partial charge in [0.2, 0.25) is 5.56 Å². The number of hydrogen-bond donors (Lipinski definition) is 2. The number of carbonyl (C=O) groups excluding carboxylic acids is 1. The molecule has 2 rings (SSSR count). The lowest BCUT2D eigenvalue weighted by molar-refractivity contribution is 0.102. The van der Waals surface area contributed by atoms with Crippen molar-refractivity contribution in [3.05, 3.63) is 58.5 Å². The topological polar surface area (TPSA) is 63.1 Å². The number of para-hydroxylation sites is 1. The van der Waals surface area contributed by atoms with Gasteiger partial charge in [-0.15, -0.1) is 0 Å². The van der Waals surface area contributed by atoms with Crippen LogP contribution in [0.5, 0.6) is 0 Å². The second-order valence-corrected chi connectivity index (χ2v) is 4.79. The van der Waals surface area contributed by atoms with Crippen LogP contribution in [0.3, 0.4) is 0 Å². The van der Waals surface area contributed by atoms with Gasteiger partial charge in [-0.1, -0.05) is 19.1 Å². The second kappa shape index (κ2) is 6.74.